The van der Waals surface area contributed by atoms with Crippen molar-refractivity contribution < 1.29 is 9.84 Å². The monoisotopic (exact) mass is 233 g/mol. The van der Waals surface area contributed by atoms with Crippen LogP contribution in [0.4, 0.5) is 0 Å². The van der Waals surface area contributed by atoms with Gasteiger partial charge in [0.1, 0.15) is 0 Å². The van der Waals surface area contributed by atoms with Gasteiger partial charge in [-0.05, 0) is 26.7 Å². The first-order chi connectivity index (χ1) is 7.08. The van der Waals surface area contributed by atoms with Gasteiger partial charge in [-0.3, -0.25) is 0 Å². The van der Waals surface area contributed by atoms with Gasteiger partial charge in [-0.2, -0.15) is 11.8 Å². The van der Waals surface area contributed by atoms with Crippen LogP contribution in [0.25, 0.3) is 0 Å². The van der Waals surface area contributed by atoms with Gasteiger partial charge in [0.05, 0.1) is 12.2 Å². The highest BCUT2D eigenvalue weighted by Crippen LogP contribution is 2.11. The summed E-state index contributed by atoms with van der Waals surface area (Å²) in [6, 6.07) is 0.543. The zero-order chi connectivity index (χ0) is 11.1. The van der Waals surface area contributed by atoms with E-state index in [0.29, 0.717) is 6.04 Å². The van der Waals surface area contributed by atoms with E-state index in [2.05, 4.69) is 5.32 Å². The smallest absolute Gasteiger partial charge is 0.0681 e. The van der Waals surface area contributed by atoms with E-state index in [1.165, 1.54) is 12.8 Å². The first-order valence-electron chi connectivity index (χ1n) is 5.69. The summed E-state index contributed by atoms with van der Waals surface area (Å²) < 4.78 is 5.38. The molecule has 0 amide bonds. The van der Waals surface area contributed by atoms with Crippen LogP contribution in [0.2, 0.25) is 0 Å². The Labute approximate surface area is 97.0 Å². The van der Waals surface area contributed by atoms with E-state index in [-0.39, 0.29) is 0 Å². The van der Waals surface area contributed by atoms with Crippen LogP contribution in [0, 0.1) is 0 Å². The van der Waals surface area contributed by atoms with Crippen molar-refractivity contribution in [2.24, 2.45) is 0 Å². The second-order valence-electron chi connectivity index (χ2n) is 4.73. The van der Waals surface area contributed by atoms with Gasteiger partial charge < -0.3 is 15.2 Å². The molecule has 0 aromatic heterocycles. The average molecular weight is 233 g/mol. The molecule has 0 spiro atoms. The predicted molar refractivity (Wildman–Crippen MR) is 65.5 cm³/mol. The molecule has 1 heterocycles. The molecule has 1 unspecified atom stereocenters. The largest absolute Gasteiger partial charge is 0.390 e. The number of nitrogens with one attached hydrogen (secondary N) is 1. The maximum atomic E-state index is 9.50. The van der Waals surface area contributed by atoms with Crippen LogP contribution in [-0.4, -0.2) is 48.0 Å². The summed E-state index contributed by atoms with van der Waals surface area (Å²) in [5, 5.41) is 13.0. The SMILES string of the molecule is CC(C)(O)CSCCNC1CCCOC1. The van der Waals surface area contributed by atoms with Crippen molar-refractivity contribution in [1.82, 2.24) is 5.32 Å². The Morgan fingerprint density at radius 1 is 1.53 bits per heavy atom. The Bertz CT molecular complexity index is 164. The third-order valence-electron chi connectivity index (χ3n) is 2.29. The molecule has 1 atom stereocenters. The molecule has 3 nitrogen and oxygen atoms in total. The maximum Gasteiger partial charge on any atom is 0.0681 e. The van der Waals surface area contributed by atoms with Crippen LogP contribution in [-0.2, 0) is 4.74 Å². The molecule has 1 fully saturated rings. The van der Waals surface area contributed by atoms with Crippen LogP contribution < -0.4 is 5.32 Å². The lowest BCUT2D eigenvalue weighted by molar-refractivity contribution is 0.0712. The van der Waals surface area contributed by atoms with Gasteiger partial charge >= 0.3 is 0 Å². The Hall–Kier alpha value is 0.230. The fourth-order valence-corrected chi connectivity index (χ4v) is 2.46. The highest BCUT2D eigenvalue weighted by Gasteiger charge is 2.14. The molecule has 0 aliphatic carbocycles. The topological polar surface area (TPSA) is 41.5 Å². The Balaban J connectivity index is 1.92. The number of hydrogen-bond donors (Lipinski definition) is 2. The van der Waals surface area contributed by atoms with Gasteiger partial charge in [-0.15, -0.1) is 0 Å². The summed E-state index contributed by atoms with van der Waals surface area (Å²) >= 11 is 1.80. The van der Waals surface area contributed by atoms with Crippen molar-refractivity contribution in [2.45, 2.75) is 38.3 Å². The van der Waals surface area contributed by atoms with Crippen LogP contribution in [0.15, 0.2) is 0 Å². The molecular formula is C11H23NO2S. The van der Waals surface area contributed by atoms with Crippen molar-refractivity contribution in [3.63, 3.8) is 0 Å². The number of ether oxygens (including phenoxy) is 1. The van der Waals surface area contributed by atoms with E-state index in [4.69, 9.17) is 4.74 Å². The zero-order valence-corrected chi connectivity index (χ0v) is 10.6. The second kappa shape index (κ2) is 6.74. The van der Waals surface area contributed by atoms with Crippen LogP contribution in [0.3, 0.4) is 0 Å². The molecule has 90 valence electrons. The summed E-state index contributed by atoms with van der Waals surface area (Å²) in [6.07, 6.45) is 2.41. The summed E-state index contributed by atoms with van der Waals surface area (Å²) in [4.78, 5) is 0. The van der Waals surface area contributed by atoms with Crippen molar-refractivity contribution in [3.8, 4) is 0 Å². The van der Waals surface area contributed by atoms with Crippen LogP contribution >= 0.6 is 11.8 Å². The molecule has 2 N–H and O–H groups in total. The lowest BCUT2D eigenvalue weighted by Crippen LogP contribution is -2.38. The van der Waals surface area contributed by atoms with Gasteiger partial charge in [-0.25, -0.2) is 0 Å². The van der Waals surface area contributed by atoms with Crippen molar-refractivity contribution in [2.75, 3.05) is 31.3 Å². The first-order valence-corrected chi connectivity index (χ1v) is 6.85. The third-order valence-corrected chi connectivity index (χ3v) is 3.70. The van der Waals surface area contributed by atoms with E-state index in [9.17, 15) is 5.11 Å². The van der Waals surface area contributed by atoms with Crippen molar-refractivity contribution >= 4 is 11.8 Å². The minimum Gasteiger partial charge on any atom is -0.390 e. The zero-order valence-electron chi connectivity index (χ0n) is 9.79. The molecule has 0 saturated carbocycles. The van der Waals surface area contributed by atoms with Crippen molar-refractivity contribution in [3.05, 3.63) is 0 Å². The minimum absolute atomic E-state index is 0.543. The lowest BCUT2D eigenvalue weighted by Gasteiger charge is -2.23. The number of thioether (sulfide) groups is 1. The molecule has 0 radical (unpaired) electrons. The van der Waals surface area contributed by atoms with Crippen LogP contribution in [0.1, 0.15) is 26.7 Å². The summed E-state index contributed by atoms with van der Waals surface area (Å²) in [6.45, 7) is 6.49. The average Bonchev–Trinajstić information content (AvgIpc) is 2.17. The standard InChI is InChI=1S/C11H23NO2S/c1-11(2,13)9-15-7-5-12-10-4-3-6-14-8-10/h10,12-13H,3-9H2,1-2H3. The number of hydrogen-bond acceptors (Lipinski definition) is 4. The summed E-state index contributed by atoms with van der Waals surface area (Å²) in [5.41, 5.74) is -0.543. The highest BCUT2D eigenvalue weighted by atomic mass is 32.2. The maximum absolute atomic E-state index is 9.50. The fraction of sp³-hybridized carbons (Fsp3) is 1.00. The molecule has 15 heavy (non-hydrogen) atoms. The summed E-state index contributed by atoms with van der Waals surface area (Å²) in [7, 11) is 0. The van der Waals surface area contributed by atoms with Crippen LogP contribution in [0.5, 0.6) is 0 Å². The quantitative estimate of drug-likeness (QED) is 0.678. The Kier molecular flexibility index (Phi) is 5.97. The van der Waals surface area contributed by atoms with Gasteiger partial charge in [0.25, 0.3) is 0 Å². The van der Waals surface area contributed by atoms with Gasteiger partial charge in [0.15, 0.2) is 0 Å². The molecule has 4 heteroatoms. The molecule has 0 aromatic carbocycles. The van der Waals surface area contributed by atoms with E-state index in [1.807, 2.05) is 13.8 Å². The normalized spacial score (nSPS) is 23.0. The van der Waals surface area contributed by atoms with E-state index >= 15 is 0 Å². The molecule has 0 aromatic rings. The summed E-state index contributed by atoms with van der Waals surface area (Å²) in [5.74, 6) is 1.86. The van der Waals surface area contributed by atoms with E-state index < -0.39 is 5.60 Å². The lowest BCUT2D eigenvalue weighted by atomic mass is 10.1. The number of rotatable bonds is 6. The molecule has 1 aliphatic heterocycles. The van der Waals surface area contributed by atoms with E-state index in [0.717, 1.165) is 31.3 Å². The molecular weight excluding hydrogens is 210 g/mol. The highest BCUT2D eigenvalue weighted by molar-refractivity contribution is 7.99. The van der Waals surface area contributed by atoms with Gasteiger partial charge in [0.2, 0.25) is 0 Å². The van der Waals surface area contributed by atoms with E-state index in [1.54, 1.807) is 11.8 Å². The molecule has 1 rings (SSSR count). The first kappa shape index (κ1) is 13.3. The molecule has 0 bridgehead atoms. The van der Waals surface area contributed by atoms with Crippen molar-refractivity contribution in [1.29, 1.82) is 0 Å². The second-order valence-corrected chi connectivity index (χ2v) is 5.84. The fourth-order valence-electron chi connectivity index (χ4n) is 1.56. The minimum atomic E-state index is -0.543. The van der Waals surface area contributed by atoms with Gasteiger partial charge in [0, 0.05) is 30.7 Å². The molecule has 1 aliphatic rings. The third kappa shape index (κ3) is 7.17. The number of aliphatic hydroxyl groups is 1. The van der Waals surface area contributed by atoms with Gasteiger partial charge in [-0.1, -0.05) is 0 Å². The predicted octanol–water partition coefficient (Wildman–Crippen LogP) is 1.26. The Morgan fingerprint density at radius 2 is 2.33 bits per heavy atom. The Morgan fingerprint density at radius 3 is 2.93 bits per heavy atom. The molecule has 1 saturated heterocycles.